The monoisotopic (exact) mass is 222 g/mol. The van der Waals surface area contributed by atoms with Gasteiger partial charge in [0.25, 0.3) is 0 Å². The zero-order valence-corrected chi connectivity index (χ0v) is 10.5. The maximum atomic E-state index is 5.73. The zero-order valence-electron chi connectivity index (χ0n) is 10.5. The van der Waals surface area contributed by atoms with E-state index in [0.717, 1.165) is 31.1 Å². The maximum absolute atomic E-state index is 5.73. The van der Waals surface area contributed by atoms with Crippen molar-refractivity contribution < 1.29 is 4.74 Å². The van der Waals surface area contributed by atoms with Crippen LogP contribution in [0.5, 0.6) is 5.75 Å². The van der Waals surface area contributed by atoms with E-state index in [0.29, 0.717) is 0 Å². The first-order chi connectivity index (χ1) is 7.71. The highest BCUT2D eigenvalue weighted by Gasteiger charge is 2.07. The molecule has 0 atom stereocenters. The maximum Gasteiger partial charge on any atom is 0.125 e. The minimum absolute atomic E-state index is 0.749. The quantitative estimate of drug-likeness (QED) is 0.752. The average Bonchev–Trinajstić information content (AvgIpc) is 2.30. The van der Waals surface area contributed by atoms with Crippen LogP contribution in [0.15, 0.2) is 18.2 Å². The van der Waals surface area contributed by atoms with Gasteiger partial charge in [0.15, 0.2) is 0 Å². The molecule has 90 valence electrons. The number of hydrogen-bond donors (Lipinski definition) is 1. The summed E-state index contributed by atoms with van der Waals surface area (Å²) < 4.78 is 5.34. The Balaban J connectivity index is 2.78. The van der Waals surface area contributed by atoms with Gasteiger partial charge in [-0.15, -0.1) is 0 Å². The van der Waals surface area contributed by atoms with Gasteiger partial charge in [0.2, 0.25) is 0 Å². The Kier molecular flexibility index (Phi) is 5.12. The molecule has 0 heterocycles. The molecule has 0 bridgehead atoms. The molecule has 0 saturated heterocycles. The zero-order chi connectivity index (χ0) is 12.0. The first-order valence-corrected chi connectivity index (χ1v) is 5.86. The summed E-state index contributed by atoms with van der Waals surface area (Å²) in [6, 6.07) is 5.86. The molecule has 0 amide bonds. The molecule has 2 N–H and O–H groups in total. The SMILES string of the molecule is CCCN(CC)Cc1ccc(N)cc1OC. The third-order valence-corrected chi connectivity index (χ3v) is 2.69. The normalized spacial score (nSPS) is 10.8. The number of rotatable bonds is 6. The van der Waals surface area contributed by atoms with Crippen molar-refractivity contribution in [2.75, 3.05) is 25.9 Å². The van der Waals surface area contributed by atoms with Crippen molar-refractivity contribution in [2.45, 2.75) is 26.8 Å². The summed E-state index contributed by atoms with van der Waals surface area (Å²) in [4.78, 5) is 2.40. The molecular formula is C13H22N2O. The summed E-state index contributed by atoms with van der Waals surface area (Å²) in [6.07, 6.45) is 1.17. The Hall–Kier alpha value is -1.22. The molecule has 1 aromatic rings. The van der Waals surface area contributed by atoms with Crippen molar-refractivity contribution in [2.24, 2.45) is 0 Å². The van der Waals surface area contributed by atoms with Gasteiger partial charge in [-0.1, -0.05) is 19.9 Å². The van der Waals surface area contributed by atoms with Crippen LogP contribution in [0.2, 0.25) is 0 Å². The van der Waals surface area contributed by atoms with Crippen LogP contribution in [-0.4, -0.2) is 25.1 Å². The van der Waals surface area contributed by atoms with Crippen LogP contribution in [0.4, 0.5) is 5.69 Å². The van der Waals surface area contributed by atoms with E-state index in [2.05, 4.69) is 18.7 Å². The number of nitrogens with two attached hydrogens (primary N) is 1. The first-order valence-electron chi connectivity index (χ1n) is 5.86. The summed E-state index contributed by atoms with van der Waals surface area (Å²) in [6.45, 7) is 7.47. The smallest absolute Gasteiger partial charge is 0.125 e. The van der Waals surface area contributed by atoms with Crippen molar-refractivity contribution in [1.29, 1.82) is 0 Å². The average molecular weight is 222 g/mol. The van der Waals surface area contributed by atoms with E-state index in [1.807, 2.05) is 18.2 Å². The molecule has 1 aromatic carbocycles. The molecule has 0 aliphatic rings. The lowest BCUT2D eigenvalue weighted by atomic mass is 10.1. The number of nitrogen functional groups attached to an aromatic ring is 1. The van der Waals surface area contributed by atoms with Crippen LogP contribution in [-0.2, 0) is 6.54 Å². The van der Waals surface area contributed by atoms with Gasteiger partial charge in [0.05, 0.1) is 7.11 Å². The summed E-state index contributed by atoms with van der Waals surface area (Å²) in [5.74, 6) is 0.884. The summed E-state index contributed by atoms with van der Waals surface area (Å²) >= 11 is 0. The molecule has 0 aliphatic carbocycles. The number of nitrogens with zero attached hydrogens (tertiary/aromatic N) is 1. The van der Waals surface area contributed by atoms with E-state index in [-0.39, 0.29) is 0 Å². The molecule has 3 nitrogen and oxygen atoms in total. The standard InChI is InChI=1S/C13H22N2O/c1-4-8-15(5-2)10-11-6-7-12(14)9-13(11)16-3/h6-7,9H,4-5,8,10,14H2,1-3H3. The Morgan fingerprint density at radius 3 is 2.62 bits per heavy atom. The minimum Gasteiger partial charge on any atom is -0.496 e. The van der Waals surface area contributed by atoms with Crippen LogP contribution >= 0.6 is 0 Å². The molecular weight excluding hydrogens is 200 g/mol. The van der Waals surface area contributed by atoms with E-state index < -0.39 is 0 Å². The molecule has 0 unspecified atom stereocenters. The Bertz CT molecular complexity index is 326. The van der Waals surface area contributed by atoms with E-state index >= 15 is 0 Å². The largest absolute Gasteiger partial charge is 0.496 e. The highest BCUT2D eigenvalue weighted by Crippen LogP contribution is 2.22. The Labute approximate surface area is 98.2 Å². The topological polar surface area (TPSA) is 38.5 Å². The summed E-state index contributed by atoms with van der Waals surface area (Å²) in [5, 5.41) is 0. The molecule has 16 heavy (non-hydrogen) atoms. The van der Waals surface area contributed by atoms with E-state index in [4.69, 9.17) is 10.5 Å². The fourth-order valence-electron chi connectivity index (χ4n) is 1.80. The van der Waals surface area contributed by atoms with Gasteiger partial charge in [-0.2, -0.15) is 0 Å². The molecule has 0 saturated carbocycles. The van der Waals surface area contributed by atoms with Crippen LogP contribution in [0, 0.1) is 0 Å². The highest BCUT2D eigenvalue weighted by molar-refractivity contribution is 5.48. The minimum atomic E-state index is 0.749. The van der Waals surface area contributed by atoms with Gasteiger partial charge in [-0.3, -0.25) is 4.90 Å². The second-order valence-corrected chi connectivity index (χ2v) is 3.94. The second-order valence-electron chi connectivity index (χ2n) is 3.94. The predicted molar refractivity (Wildman–Crippen MR) is 68.6 cm³/mol. The van der Waals surface area contributed by atoms with Crippen LogP contribution < -0.4 is 10.5 Å². The lowest BCUT2D eigenvalue weighted by molar-refractivity contribution is 0.275. The lowest BCUT2D eigenvalue weighted by Gasteiger charge is -2.21. The van der Waals surface area contributed by atoms with Gasteiger partial charge in [0, 0.05) is 23.9 Å². The number of ether oxygens (including phenoxy) is 1. The summed E-state index contributed by atoms with van der Waals surface area (Å²) in [5.41, 5.74) is 7.68. The van der Waals surface area contributed by atoms with Crippen molar-refractivity contribution in [1.82, 2.24) is 4.90 Å². The van der Waals surface area contributed by atoms with Gasteiger partial charge in [0.1, 0.15) is 5.75 Å². The van der Waals surface area contributed by atoms with Crippen LogP contribution in [0.25, 0.3) is 0 Å². The molecule has 0 aliphatic heterocycles. The third kappa shape index (κ3) is 3.42. The number of hydrogen-bond acceptors (Lipinski definition) is 3. The van der Waals surface area contributed by atoms with E-state index in [1.165, 1.54) is 12.0 Å². The molecule has 0 radical (unpaired) electrons. The first kappa shape index (κ1) is 12.8. The number of benzene rings is 1. The third-order valence-electron chi connectivity index (χ3n) is 2.69. The van der Waals surface area contributed by atoms with Gasteiger partial charge >= 0.3 is 0 Å². The van der Waals surface area contributed by atoms with E-state index in [1.54, 1.807) is 7.11 Å². The fourth-order valence-corrected chi connectivity index (χ4v) is 1.80. The van der Waals surface area contributed by atoms with Crippen LogP contribution in [0.3, 0.4) is 0 Å². The Morgan fingerprint density at radius 2 is 2.06 bits per heavy atom. The predicted octanol–water partition coefficient (Wildman–Crippen LogP) is 2.51. The van der Waals surface area contributed by atoms with Crippen molar-refractivity contribution >= 4 is 5.69 Å². The van der Waals surface area contributed by atoms with Gasteiger partial charge in [-0.05, 0) is 25.6 Å². The molecule has 0 fully saturated rings. The van der Waals surface area contributed by atoms with Crippen LogP contribution in [0.1, 0.15) is 25.8 Å². The van der Waals surface area contributed by atoms with Gasteiger partial charge < -0.3 is 10.5 Å². The van der Waals surface area contributed by atoms with Crippen molar-refractivity contribution in [3.63, 3.8) is 0 Å². The number of anilines is 1. The Morgan fingerprint density at radius 1 is 1.31 bits per heavy atom. The molecule has 0 aromatic heterocycles. The molecule has 1 rings (SSSR count). The second kappa shape index (κ2) is 6.38. The number of methoxy groups -OCH3 is 1. The highest BCUT2D eigenvalue weighted by atomic mass is 16.5. The van der Waals surface area contributed by atoms with E-state index in [9.17, 15) is 0 Å². The van der Waals surface area contributed by atoms with Gasteiger partial charge in [-0.25, -0.2) is 0 Å². The summed E-state index contributed by atoms with van der Waals surface area (Å²) in [7, 11) is 1.69. The van der Waals surface area contributed by atoms with Crippen molar-refractivity contribution in [3.05, 3.63) is 23.8 Å². The lowest BCUT2D eigenvalue weighted by Crippen LogP contribution is -2.23. The molecule has 3 heteroatoms. The molecule has 0 spiro atoms. The van der Waals surface area contributed by atoms with Crippen molar-refractivity contribution in [3.8, 4) is 5.75 Å². The fraction of sp³-hybridized carbons (Fsp3) is 0.538.